The van der Waals surface area contributed by atoms with E-state index in [1.54, 1.807) is 31.3 Å². The maximum atomic E-state index is 11.5. The third kappa shape index (κ3) is 3.08. The lowest BCUT2D eigenvalue weighted by Crippen LogP contribution is -2.21. The van der Waals surface area contributed by atoms with Crippen LogP contribution in [0.3, 0.4) is 0 Å². The lowest BCUT2D eigenvalue weighted by Gasteiger charge is -2.09. The highest BCUT2D eigenvalue weighted by Crippen LogP contribution is 2.15. The van der Waals surface area contributed by atoms with E-state index in [-0.39, 0.29) is 11.8 Å². The second-order valence-electron chi connectivity index (χ2n) is 3.42. The molecule has 0 bridgehead atoms. The fourth-order valence-electron chi connectivity index (χ4n) is 1.36. The van der Waals surface area contributed by atoms with E-state index in [9.17, 15) is 9.59 Å². The number of hydrogen-bond donors (Lipinski definition) is 2. The summed E-state index contributed by atoms with van der Waals surface area (Å²) >= 11 is 0. The van der Waals surface area contributed by atoms with Crippen LogP contribution in [-0.4, -0.2) is 18.9 Å². The van der Waals surface area contributed by atoms with Crippen LogP contribution in [0.1, 0.15) is 30.1 Å². The molecule has 0 heterocycles. The first kappa shape index (κ1) is 12.2. The summed E-state index contributed by atoms with van der Waals surface area (Å²) in [5.74, 6) is -0.272. The molecule has 2 N–H and O–H groups in total. The van der Waals surface area contributed by atoms with Gasteiger partial charge >= 0.3 is 0 Å². The van der Waals surface area contributed by atoms with E-state index in [0.29, 0.717) is 17.7 Å². The van der Waals surface area contributed by atoms with Crippen LogP contribution < -0.4 is 10.6 Å². The Morgan fingerprint density at radius 3 is 2.56 bits per heavy atom. The van der Waals surface area contributed by atoms with E-state index >= 15 is 0 Å². The summed E-state index contributed by atoms with van der Waals surface area (Å²) in [5.41, 5.74) is 1.04. The highest BCUT2D eigenvalue weighted by molar-refractivity contribution is 6.03. The predicted molar refractivity (Wildman–Crippen MR) is 63.4 cm³/mol. The highest BCUT2D eigenvalue weighted by Gasteiger charge is 2.10. The number of benzene rings is 1. The van der Waals surface area contributed by atoms with Crippen molar-refractivity contribution < 1.29 is 9.59 Å². The van der Waals surface area contributed by atoms with Crippen LogP contribution in [0.25, 0.3) is 0 Å². The Morgan fingerprint density at radius 2 is 1.94 bits per heavy atom. The predicted octanol–water partition coefficient (Wildman–Crippen LogP) is 1.78. The molecule has 1 rings (SSSR count). The molecule has 1 aromatic carbocycles. The van der Waals surface area contributed by atoms with Crippen molar-refractivity contribution >= 4 is 17.5 Å². The quantitative estimate of drug-likeness (QED) is 0.812. The zero-order chi connectivity index (χ0) is 12.0. The highest BCUT2D eigenvalue weighted by atomic mass is 16.2. The number of nitrogens with one attached hydrogen (secondary N) is 2. The summed E-state index contributed by atoms with van der Waals surface area (Å²) in [6, 6.07) is 6.95. The van der Waals surface area contributed by atoms with Gasteiger partial charge in [-0.2, -0.15) is 0 Å². The summed E-state index contributed by atoms with van der Waals surface area (Å²) in [6.45, 7) is 1.93. The van der Waals surface area contributed by atoms with Gasteiger partial charge in [0.1, 0.15) is 0 Å². The van der Waals surface area contributed by atoms with Crippen LogP contribution in [-0.2, 0) is 4.79 Å². The van der Waals surface area contributed by atoms with Crippen molar-refractivity contribution in [3.63, 3.8) is 0 Å². The Morgan fingerprint density at radius 1 is 1.25 bits per heavy atom. The van der Waals surface area contributed by atoms with Crippen molar-refractivity contribution in [2.24, 2.45) is 0 Å². The number of anilines is 1. The summed E-state index contributed by atoms with van der Waals surface area (Å²) in [5, 5.41) is 5.26. The van der Waals surface area contributed by atoms with Crippen molar-refractivity contribution in [2.75, 3.05) is 12.4 Å². The smallest absolute Gasteiger partial charge is 0.253 e. The van der Waals surface area contributed by atoms with E-state index in [4.69, 9.17) is 0 Å². The van der Waals surface area contributed by atoms with Gasteiger partial charge in [-0.15, -0.1) is 0 Å². The first-order valence-corrected chi connectivity index (χ1v) is 5.30. The summed E-state index contributed by atoms with van der Waals surface area (Å²) < 4.78 is 0. The molecular formula is C12H16N2O2. The van der Waals surface area contributed by atoms with Gasteiger partial charge < -0.3 is 10.6 Å². The Labute approximate surface area is 95.0 Å². The fraction of sp³-hybridized carbons (Fsp3) is 0.333. The molecule has 0 aliphatic carbocycles. The van der Waals surface area contributed by atoms with E-state index in [1.165, 1.54) is 0 Å². The molecule has 0 aliphatic heterocycles. The van der Waals surface area contributed by atoms with Gasteiger partial charge in [-0.3, -0.25) is 9.59 Å². The van der Waals surface area contributed by atoms with Crippen molar-refractivity contribution in [3.8, 4) is 0 Å². The molecule has 0 atom stereocenters. The normalized spacial score (nSPS) is 9.62. The van der Waals surface area contributed by atoms with Crippen LogP contribution >= 0.6 is 0 Å². The summed E-state index contributed by atoms with van der Waals surface area (Å²) in [7, 11) is 1.56. The number of amides is 2. The van der Waals surface area contributed by atoms with Gasteiger partial charge in [-0.1, -0.05) is 19.1 Å². The van der Waals surface area contributed by atoms with Crippen molar-refractivity contribution in [2.45, 2.75) is 19.8 Å². The minimum atomic E-state index is -0.201. The number of carbonyl (C=O) groups is 2. The van der Waals surface area contributed by atoms with Gasteiger partial charge in [-0.05, 0) is 18.6 Å². The Bertz CT molecular complexity index is 388. The van der Waals surface area contributed by atoms with Crippen molar-refractivity contribution in [3.05, 3.63) is 29.8 Å². The lowest BCUT2D eigenvalue weighted by molar-refractivity contribution is -0.116. The Kier molecular flexibility index (Phi) is 4.51. The molecule has 0 aromatic heterocycles. The average molecular weight is 220 g/mol. The van der Waals surface area contributed by atoms with E-state index in [0.717, 1.165) is 6.42 Å². The fourth-order valence-corrected chi connectivity index (χ4v) is 1.36. The molecule has 0 spiro atoms. The third-order valence-corrected chi connectivity index (χ3v) is 2.15. The maximum Gasteiger partial charge on any atom is 0.253 e. The molecule has 86 valence electrons. The second-order valence-corrected chi connectivity index (χ2v) is 3.42. The van der Waals surface area contributed by atoms with Crippen LogP contribution in [0.4, 0.5) is 5.69 Å². The molecule has 2 amide bonds. The van der Waals surface area contributed by atoms with Gasteiger partial charge in [0.15, 0.2) is 0 Å². The summed E-state index contributed by atoms with van der Waals surface area (Å²) in [4.78, 5) is 22.9. The number of rotatable bonds is 4. The molecule has 1 aromatic rings. The molecule has 0 saturated heterocycles. The zero-order valence-electron chi connectivity index (χ0n) is 9.54. The first-order chi connectivity index (χ1) is 7.69. The van der Waals surface area contributed by atoms with Crippen molar-refractivity contribution in [1.29, 1.82) is 0 Å². The molecule has 4 heteroatoms. The third-order valence-electron chi connectivity index (χ3n) is 2.15. The second kappa shape index (κ2) is 5.90. The van der Waals surface area contributed by atoms with Crippen molar-refractivity contribution in [1.82, 2.24) is 5.32 Å². The SMILES string of the molecule is CCCC(=O)Nc1ccccc1C(=O)NC. The van der Waals surface area contributed by atoms with Gasteiger partial charge in [0.25, 0.3) is 5.91 Å². The number of para-hydroxylation sites is 1. The minimum absolute atomic E-state index is 0.0705. The lowest BCUT2D eigenvalue weighted by atomic mass is 10.1. The standard InChI is InChI=1S/C12H16N2O2/c1-3-6-11(15)14-10-8-5-4-7-9(10)12(16)13-2/h4-5,7-8H,3,6H2,1-2H3,(H,13,16)(H,14,15). The maximum absolute atomic E-state index is 11.5. The van der Waals surface area contributed by atoms with E-state index in [1.807, 2.05) is 6.92 Å². The molecule has 16 heavy (non-hydrogen) atoms. The van der Waals surface area contributed by atoms with Crippen LogP contribution in [0, 0.1) is 0 Å². The molecule has 0 saturated carbocycles. The zero-order valence-corrected chi connectivity index (χ0v) is 9.54. The van der Waals surface area contributed by atoms with E-state index in [2.05, 4.69) is 10.6 Å². The Hall–Kier alpha value is -1.84. The topological polar surface area (TPSA) is 58.2 Å². The van der Waals surface area contributed by atoms with Gasteiger partial charge in [0, 0.05) is 13.5 Å². The summed E-state index contributed by atoms with van der Waals surface area (Å²) in [6.07, 6.45) is 1.25. The molecule has 0 aliphatic rings. The molecule has 0 unspecified atom stereocenters. The molecule has 0 radical (unpaired) electrons. The van der Waals surface area contributed by atoms with Gasteiger partial charge in [0.2, 0.25) is 5.91 Å². The average Bonchev–Trinajstić information content (AvgIpc) is 2.29. The number of hydrogen-bond acceptors (Lipinski definition) is 2. The number of carbonyl (C=O) groups excluding carboxylic acids is 2. The monoisotopic (exact) mass is 220 g/mol. The van der Waals surface area contributed by atoms with Crippen LogP contribution in [0.2, 0.25) is 0 Å². The minimum Gasteiger partial charge on any atom is -0.355 e. The molecular weight excluding hydrogens is 204 g/mol. The van der Waals surface area contributed by atoms with Crippen LogP contribution in [0.15, 0.2) is 24.3 Å². The first-order valence-electron chi connectivity index (χ1n) is 5.30. The van der Waals surface area contributed by atoms with Crippen LogP contribution in [0.5, 0.6) is 0 Å². The largest absolute Gasteiger partial charge is 0.355 e. The van der Waals surface area contributed by atoms with E-state index < -0.39 is 0 Å². The van der Waals surface area contributed by atoms with Gasteiger partial charge in [-0.25, -0.2) is 0 Å². The Balaban J connectivity index is 2.87. The molecule has 4 nitrogen and oxygen atoms in total. The van der Waals surface area contributed by atoms with Gasteiger partial charge in [0.05, 0.1) is 11.3 Å². The molecule has 0 fully saturated rings.